The zero-order chi connectivity index (χ0) is 29.5. The lowest BCUT2D eigenvalue weighted by molar-refractivity contribution is -0.139. The lowest BCUT2D eigenvalue weighted by Crippen LogP contribution is -2.46. The predicted octanol–water partition coefficient (Wildman–Crippen LogP) is 4.93. The number of aromatic nitrogens is 3. The summed E-state index contributed by atoms with van der Waals surface area (Å²) in [5, 5.41) is 22.2. The molecular weight excluding hydrogens is 564 g/mol. The van der Waals surface area contributed by atoms with Crippen molar-refractivity contribution in [1.29, 1.82) is 0 Å². The molecule has 1 aliphatic heterocycles. The summed E-state index contributed by atoms with van der Waals surface area (Å²) >= 11 is 1.24. The van der Waals surface area contributed by atoms with Crippen molar-refractivity contribution in [3.05, 3.63) is 52.0 Å². The molecule has 1 fully saturated rings. The minimum atomic E-state index is -4.54. The number of amides is 1. The number of thiophene rings is 1. The molecule has 1 aromatic carbocycles. The molecule has 1 amide bonds. The summed E-state index contributed by atoms with van der Waals surface area (Å²) in [6.45, 7) is 2.64. The number of carbonyl (C=O) groups excluding carboxylic acids is 1. The number of fused-ring (bicyclic) bond motifs is 1. The highest BCUT2D eigenvalue weighted by Gasteiger charge is 2.32. The minimum Gasteiger partial charge on any atom is -0.385 e. The number of piperidine rings is 1. The van der Waals surface area contributed by atoms with Gasteiger partial charge in [0.1, 0.15) is 12.7 Å². The zero-order valence-electron chi connectivity index (χ0n) is 22.6. The fourth-order valence-corrected chi connectivity index (χ4v) is 5.92. The Kier molecular flexibility index (Phi) is 7.83. The molecule has 4 heterocycles. The molecule has 0 spiro atoms. The van der Waals surface area contributed by atoms with Gasteiger partial charge in [-0.3, -0.25) is 4.79 Å². The Labute approximate surface area is 237 Å². The van der Waals surface area contributed by atoms with E-state index in [9.17, 15) is 27.5 Å². The van der Waals surface area contributed by atoms with Crippen molar-refractivity contribution < 1.29 is 32.0 Å². The molecule has 1 aliphatic rings. The van der Waals surface area contributed by atoms with Gasteiger partial charge in [-0.05, 0) is 57.0 Å². The van der Waals surface area contributed by atoms with Crippen LogP contribution in [0, 0.1) is 0 Å². The highest BCUT2D eigenvalue weighted by atomic mass is 32.1. The van der Waals surface area contributed by atoms with Crippen molar-refractivity contribution in [2.75, 3.05) is 25.5 Å². The SMILES string of the molecule is CN1CC[C@@H](Nc2cccc3c2cc(-c2noc(CNC(=O)c4ccsc4C(C)(C)O)n2)n3CC(F)(F)F)[C@@H](F)C1. The van der Waals surface area contributed by atoms with Gasteiger partial charge in [-0.15, -0.1) is 11.3 Å². The van der Waals surface area contributed by atoms with Gasteiger partial charge in [0.2, 0.25) is 11.7 Å². The molecule has 9 nitrogen and oxygen atoms in total. The van der Waals surface area contributed by atoms with E-state index < -0.39 is 36.4 Å². The van der Waals surface area contributed by atoms with Crippen LogP contribution in [0.5, 0.6) is 0 Å². The number of rotatable bonds is 8. The van der Waals surface area contributed by atoms with Gasteiger partial charge in [0.15, 0.2) is 0 Å². The van der Waals surface area contributed by atoms with Gasteiger partial charge in [-0.1, -0.05) is 11.2 Å². The monoisotopic (exact) mass is 594 g/mol. The highest BCUT2D eigenvalue weighted by Crippen LogP contribution is 2.35. The Morgan fingerprint density at radius 2 is 2.05 bits per heavy atom. The van der Waals surface area contributed by atoms with Crippen molar-refractivity contribution in [2.45, 2.75) is 57.3 Å². The standard InChI is InChI=1S/C27H30F4N6O3S/c1-26(2,39)23-15(8-10-41-23)25(38)32-12-22-34-24(35-40-22)21-11-16-18(33-19-7-9-36(3)13-17(19)28)5-4-6-20(16)37(21)14-27(29,30)31/h4-6,8,10-11,17,19,33,39H,7,9,12-14H2,1-3H3,(H,32,38)/t17-,19+/m0/s1. The third-order valence-electron chi connectivity index (χ3n) is 6.93. The molecule has 3 aromatic heterocycles. The topological polar surface area (TPSA) is 108 Å². The van der Waals surface area contributed by atoms with Gasteiger partial charge in [-0.25, -0.2) is 4.39 Å². The normalized spacial score (nSPS) is 18.6. The second-order valence-corrected chi connectivity index (χ2v) is 11.6. The van der Waals surface area contributed by atoms with Crippen LogP contribution < -0.4 is 10.6 Å². The molecule has 220 valence electrons. The largest absolute Gasteiger partial charge is 0.406 e. The smallest absolute Gasteiger partial charge is 0.385 e. The number of halogens is 4. The molecular formula is C27H30F4N6O3S. The van der Waals surface area contributed by atoms with Gasteiger partial charge >= 0.3 is 6.18 Å². The van der Waals surface area contributed by atoms with Crippen LogP contribution in [0.15, 0.2) is 40.2 Å². The number of hydrogen-bond donors (Lipinski definition) is 3. The van der Waals surface area contributed by atoms with E-state index >= 15 is 0 Å². The average molecular weight is 595 g/mol. The maximum atomic E-state index is 14.7. The van der Waals surface area contributed by atoms with Crippen LogP contribution in [0.25, 0.3) is 22.4 Å². The van der Waals surface area contributed by atoms with Crippen molar-refractivity contribution in [3.8, 4) is 11.5 Å². The van der Waals surface area contributed by atoms with Crippen LogP contribution >= 0.6 is 11.3 Å². The predicted molar refractivity (Wildman–Crippen MR) is 146 cm³/mol. The number of carbonyl (C=O) groups is 1. The second-order valence-electron chi connectivity index (χ2n) is 10.7. The summed E-state index contributed by atoms with van der Waals surface area (Å²) in [7, 11) is 1.84. The molecule has 2 atom stereocenters. The molecule has 0 saturated carbocycles. The summed E-state index contributed by atoms with van der Waals surface area (Å²) < 4.78 is 62.0. The first-order valence-electron chi connectivity index (χ1n) is 13.0. The van der Waals surface area contributed by atoms with E-state index in [2.05, 4.69) is 20.8 Å². The molecule has 41 heavy (non-hydrogen) atoms. The first kappa shape index (κ1) is 29.0. The summed E-state index contributed by atoms with van der Waals surface area (Å²) in [5.74, 6) is -0.566. The maximum absolute atomic E-state index is 14.7. The van der Waals surface area contributed by atoms with E-state index in [1.165, 1.54) is 17.4 Å². The molecule has 0 radical (unpaired) electrons. The van der Waals surface area contributed by atoms with Gasteiger partial charge in [0.25, 0.3) is 5.91 Å². The summed E-state index contributed by atoms with van der Waals surface area (Å²) in [5.41, 5.74) is -0.0580. The fraction of sp³-hybridized carbons (Fsp3) is 0.444. The van der Waals surface area contributed by atoms with E-state index in [1.54, 1.807) is 43.5 Å². The maximum Gasteiger partial charge on any atom is 0.406 e. The van der Waals surface area contributed by atoms with Crippen LogP contribution in [0.3, 0.4) is 0 Å². The summed E-state index contributed by atoms with van der Waals surface area (Å²) in [4.78, 5) is 19.3. The molecule has 0 bridgehead atoms. The number of alkyl halides is 4. The number of nitrogens with one attached hydrogen (secondary N) is 2. The van der Waals surface area contributed by atoms with E-state index in [-0.39, 0.29) is 36.0 Å². The van der Waals surface area contributed by atoms with Crippen LogP contribution in [-0.4, -0.2) is 69.1 Å². The first-order valence-corrected chi connectivity index (χ1v) is 13.9. The number of likely N-dealkylation sites (tertiary alicyclic amines) is 1. The Bertz CT molecular complexity index is 1540. The number of anilines is 1. The molecule has 5 rings (SSSR count). The van der Waals surface area contributed by atoms with E-state index in [0.717, 1.165) is 4.57 Å². The zero-order valence-corrected chi connectivity index (χ0v) is 23.4. The molecule has 3 N–H and O–H groups in total. The van der Waals surface area contributed by atoms with Crippen molar-refractivity contribution in [3.63, 3.8) is 0 Å². The van der Waals surface area contributed by atoms with Gasteiger partial charge < -0.3 is 29.7 Å². The molecule has 0 aliphatic carbocycles. The van der Waals surface area contributed by atoms with Gasteiger partial charge in [0, 0.05) is 29.0 Å². The molecule has 4 aromatic rings. The number of hydrogen-bond acceptors (Lipinski definition) is 8. The summed E-state index contributed by atoms with van der Waals surface area (Å²) in [6.07, 6.45) is -5.13. The Morgan fingerprint density at radius 3 is 2.76 bits per heavy atom. The summed E-state index contributed by atoms with van der Waals surface area (Å²) in [6, 6.07) is 7.52. The van der Waals surface area contributed by atoms with Crippen molar-refractivity contribution in [2.24, 2.45) is 0 Å². The van der Waals surface area contributed by atoms with Gasteiger partial charge in [0.05, 0.1) is 35.0 Å². The fourth-order valence-electron chi connectivity index (χ4n) is 5.01. The Balaban J connectivity index is 1.42. The van der Waals surface area contributed by atoms with E-state index in [1.807, 2.05) is 11.9 Å². The minimum absolute atomic E-state index is 0.0119. The van der Waals surface area contributed by atoms with E-state index in [0.29, 0.717) is 34.5 Å². The van der Waals surface area contributed by atoms with Crippen LogP contribution in [0.4, 0.5) is 23.2 Å². The highest BCUT2D eigenvalue weighted by molar-refractivity contribution is 7.10. The Morgan fingerprint density at radius 1 is 1.27 bits per heavy atom. The van der Waals surface area contributed by atoms with Crippen molar-refractivity contribution in [1.82, 2.24) is 24.9 Å². The second kappa shape index (κ2) is 11.1. The third-order valence-corrected chi connectivity index (χ3v) is 8.16. The first-order chi connectivity index (χ1) is 19.3. The quantitative estimate of drug-likeness (QED) is 0.249. The van der Waals surface area contributed by atoms with E-state index in [4.69, 9.17) is 4.52 Å². The van der Waals surface area contributed by atoms with Crippen LogP contribution in [0.2, 0.25) is 0 Å². The third kappa shape index (κ3) is 6.39. The molecule has 1 saturated heterocycles. The van der Waals surface area contributed by atoms with Gasteiger partial charge in [-0.2, -0.15) is 18.2 Å². The number of benzene rings is 1. The van der Waals surface area contributed by atoms with Crippen LogP contribution in [0.1, 0.15) is 41.4 Å². The number of aliphatic hydroxyl groups is 1. The lowest BCUT2D eigenvalue weighted by atomic mass is 10.0. The van der Waals surface area contributed by atoms with Crippen LogP contribution in [-0.2, 0) is 18.7 Å². The van der Waals surface area contributed by atoms with Crippen molar-refractivity contribution >= 4 is 33.8 Å². The number of nitrogens with zero attached hydrogens (tertiary/aromatic N) is 4. The molecule has 0 unspecified atom stereocenters. The molecule has 14 heteroatoms. The lowest BCUT2D eigenvalue weighted by Gasteiger charge is -2.33. The Hall–Kier alpha value is -3.49. The average Bonchev–Trinajstić information content (AvgIpc) is 3.62.